The van der Waals surface area contributed by atoms with Crippen LogP contribution in [0.4, 0.5) is 0 Å². The van der Waals surface area contributed by atoms with Crippen LogP contribution in [0.2, 0.25) is 0 Å². The van der Waals surface area contributed by atoms with Crippen molar-refractivity contribution in [2.75, 3.05) is 13.6 Å². The third kappa shape index (κ3) is 13.6. The van der Waals surface area contributed by atoms with Crippen LogP contribution in [0.5, 0.6) is 0 Å². The standard InChI is InChI=1S/C21H42NO2.BrH/c1-5-6-7-8-9-10-11-12-13-14-15-16-17-18-19-22(4,20(2)23)21(3)24;/h5-19H2,1-4H3;1H/q+1;/p-1. The second-order valence-electron chi connectivity index (χ2n) is 7.55. The minimum absolute atomic E-state index is 0. The van der Waals surface area contributed by atoms with Crippen molar-refractivity contribution in [1.29, 1.82) is 0 Å². The van der Waals surface area contributed by atoms with Crippen molar-refractivity contribution in [3.63, 3.8) is 0 Å². The second kappa shape index (κ2) is 17.2. The molecule has 0 fully saturated rings. The highest BCUT2D eigenvalue weighted by Crippen LogP contribution is 2.14. The molecule has 0 rings (SSSR count). The van der Waals surface area contributed by atoms with E-state index in [-0.39, 0.29) is 33.3 Å². The van der Waals surface area contributed by atoms with Crippen LogP contribution < -0.4 is 17.0 Å². The number of rotatable bonds is 15. The molecular weight excluding hydrogens is 378 g/mol. The van der Waals surface area contributed by atoms with E-state index in [1.165, 1.54) is 90.9 Å². The van der Waals surface area contributed by atoms with Gasteiger partial charge in [-0.2, -0.15) is 0 Å². The van der Waals surface area contributed by atoms with Gasteiger partial charge in [-0.3, -0.25) is 0 Å². The average molecular weight is 420 g/mol. The summed E-state index contributed by atoms with van der Waals surface area (Å²) in [4.78, 5) is 23.2. The van der Waals surface area contributed by atoms with Crippen LogP contribution in [-0.2, 0) is 9.59 Å². The maximum absolute atomic E-state index is 11.6. The summed E-state index contributed by atoms with van der Waals surface area (Å²) in [6.07, 6.45) is 18.5. The van der Waals surface area contributed by atoms with Crippen LogP contribution in [0.1, 0.15) is 111 Å². The summed E-state index contributed by atoms with van der Waals surface area (Å²) in [6, 6.07) is 0. The molecule has 0 aliphatic carbocycles. The Kier molecular flexibility index (Phi) is 18.6. The van der Waals surface area contributed by atoms with E-state index in [4.69, 9.17) is 0 Å². The molecule has 4 heteroatoms. The fraction of sp³-hybridized carbons (Fsp3) is 0.905. The van der Waals surface area contributed by atoms with Gasteiger partial charge in [-0.1, -0.05) is 84.0 Å². The lowest BCUT2D eigenvalue weighted by Crippen LogP contribution is -3.00. The lowest BCUT2D eigenvalue weighted by molar-refractivity contribution is -0.756. The van der Waals surface area contributed by atoms with Gasteiger partial charge in [0.25, 0.3) is 0 Å². The molecule has 150 valence electrons. The quantitative estimate of drug-likeness (QED) is 0.302. The Morgan fingerprint density at radius 2 is 0.880 bits per heavy atom. The van der Waals surface area contributed by atoms with Gasteiger partial charge < -0.3 is 17.0 Å². The molecule has 0 saturated heterocycles. The fourth-order valence-corrected chi connectivity index (χ4v) is 3.16. The smallest absolute Gasteiger partial charge is 0.317 e. The lowest BCUT2D eigenvalue weighted by atomic mass is 10.0. The van der Waals surface area contributed by atoms with E-state index in [1.54, 1.807) is 7.05 Å². The van der Waals surface area contributed by atoms with E-state index >= 15 is 0 Å². The molecule has 2 amide bonds. The summed E-state index contributed by atoms with van der Waals surface area (Å²) in [7, 11) is 1.74. The van der Waals surface area contributed by atoms with Crippen LogP contribution in [0.3, 0.4) is 0 Å². The SMILES string of the molecule is CCCCCCCCCCCCCCCC[N+](C)(C(C)=O)C(C)=O.[Br-]. The van der Waals surface area contributed by atoms with Gasteiger partial charge in [0.15, 0.2) is 0 Å². The first-order valence-electron chi connectivity index (χ1n) is 10.3. The molecular formula is C21H42BrNO2. The fourth-order valence-electron chi connectivity index (χ4n) is 3.16. The number of carbonyl (C=O) groups is 2. The van der Waals surface area contributed by atoms with Crippen LogP contribution in [0, 0.1) is 0 Å². The molecule has 0 aromatic carbocycles. The first-order chi connectivity index (χ1) is 11.4. The maximum Gasteiger partial charge on any atom is 0.317 e. The minimum atomic E-state index is -0.0443. The van der Waals surface area contributed by atoms with Gasteiger partial charge in [0, 0.05) is 0 Å². The molecule has 0 N–H and O–H groups in total. The van der Waals surface area contributed by atoms with Gasteiger partial charge in [0.05, 0.1) is 27.4 Å². The van der Waals surface area contributed by atoms with Crippen molar-refractivity contribution in [2.45, 2.75) is 111 Å². The van der Waals surface area contributed by atoms with E-state index in [1.807, 2.05) is 0 Å². The van der Waals surface area contributed by atoms with Crippen molar-refractivity contribution >= 4 is 11.8 Å². The lowest BCUT2D eigenvalue weighted by Gasteiger charge is -2.26. The molecule has 25 heavy (non-hydrogen) atoms. The van der Waals surface area contributed by atoms with Gasteiger partial charge in [-0.05, 0) is 12.8 Å². The third-order valence-electron chi connectivity index (χ3n) is 5.35. The first kappa shape index (κ1) is 27.0. The Labute approximate surface area is 167 Å². The zero-order valence-electron chi connectivity index (χ0n) is 17.2. The van der Waals surface area contributed by atoms with Crippen LogP contribution in [0.15, 0.2) is 0 Å². The van der Waals surface area contributed by atoms with E-state index in [0.717, 1.165) is 12.8 Å². The normalized spacial score (nSPS) is 11.2. The molecule has 0 radical (unpaired) electrons. The van der Waals surface area contributed by atoms with Crippen molar-refractivity contribution in [3.8, 4) is 0 Å². The predicted octanol–water partition coefficient (Wildman–Crippen LogP) is 3.01. The molecule has 0 saturated carbocycles. The number of unbranched alkanes of at least 4 members (excludes halogenated alkanes) is 13. The van der Waals surface area contributed by atoms with Crippen LogP contribution in [0.25, 0.3) is 0 Å². The van der Waals surface area contributed by atoms with Crippen molar-refractivity contribution in [1.82, 2.24) is 0 Å². The highest BCUT2D eigenvalue weighted by Gasteiger charge is 2.32. The summed E-state index contributed by atoms with van der Waals surface area (Å²) in [5, 5.41) is 0. The number of quaternary nitrogens is 1. The summed E-state index contributed by atoms with van der Waals surface area (Å²) < 4.78 is -0.0434. The minimum Gasteiger partial charge on any atom is -1.00 e. The Morgan fingerprint density at radius 3 is 1.16 bits per heavy atom. The Morgan fingerprint density at radius 1 is 0.600 bits per heavy atom. The van der Waals surface area contributed by atoms with E-state index in [2.05, 4.69) is 6.92 Å². The molecule has 0 unspecified atom stereocenters. The number of nitrogens with zero attached hydrogens (tertiary/aromatic N) is 1. The molecule has 0 aliphatic heterocycles. The maximum atomic E-state index is 11.6. The van der Waals surface area contributed by atoms with Crippen molar-refractivity contribution in [3.05, 3.63) is 0 Å². The van der Waals surface area contributed by atoms with E-state index in [9.17, 15) is 9.59 Å². The van der Waals surface area contributed by atoms with Crippen molar-refractivity contribution < 1.29 is 31.1 Å². The topological polar surface area (TPSA) is 34.1 Å². The molecule has 0 bridgehead atoms. The number of hydrogen-bond acceptors (Lipinski definition) is 2. The number of halogens is 1. The Hall–Kier alpha value is -0.220. The van der Waals surface area contributed by atoms with Crippen LogP contribution in [-0.4, -0.2) is 29.9 Å². The summed E-state index contributed by atoms with van der Waals surface area (Å²) in [5.74, 6) is -0.0885. The number of amides is 2. The molecule has 0 spiro atoms. The summed E-state index contributed by atoms with van der Waals surface area (Å²) in [6.45, 7) is 5.96. The van der Waals surface area contributed by atoms with Crippen molar-refractivity contribution in [2.24, 2.45) is 0 Å². The van der Waals surface area contributed by atoms with Crippen LogP contribution >= 0.6 is 0 Å². The second-order valence-corrected chi connectivity index (χ2v) is 7.55. The highest BCUT2D eigenvalue weighted by molar-refractivity contribution is 5.81. The molecule has 0 heterocycles. The van der Waals surface area contributed by atoms with Gasteiger partial charge in [0.2, 0.25) is 0 Å². The predicted molar refractivity (Wildman–Crippen MR) is 103 cm³/mol. The summed E-state index contributed by atoms with van der Waals surface area (Å²) >= 11 is 0. The third-order valence-corrected chi connectivity index (χ3v) is 5.35. The number of carbonyl (C=O) groups excluding carboxylic acids is 2. The largest absolute Gasteiger partial charge is 1.00 e. The zero-order valence-corrected chi connectivity index (χ0v) is 18.8. The average Bonchev–Trinajstić information content (AvgIpc) is 2.54. The molecule has 0 aliphatic rings. The van der Waals surface area contributed by atoms with Gasteiger partial charge >= 0.3 is 11.8 Å². The van der Waals surface area contributed by atoms with E-state index in [0.29, 0.717) is 6.54 Å². The molecule has 0 atom stereocenters. The molecule has 0 aromatic rings. The summed E-state index contributed by atoms with van der Waals surface area (Å²) in [5.41, 5.74) is 0. The monoisotopic (exact) mass is 419 g/mol. The highest BCUT2D eigenvalue weighted by atomic mass is 79.9. The first-order valence-corrected chi connectivity index (χ1v) is 10.3. The zero-order chi connectivity index (χ0) is 18.3. The number of hydrogen-bond donors (Lipinski definition) is 0. The molecule has 3 nitrogen and oxygen atoms in total. The molecule has 0 aromatic heterocycles. The van der Waals surface area contributed by atoms with Gasteiger partial charge in [-0.25, -0.2) is 14.1 Å². The van der Waals surface area contributed by atoms with Gasteiger partial charge in [-0.15, -0.1) is 0 Å². The Bertz CT molecular complexity index is 331. The van der Waals surface area contributed by atoms with E-state index < -0.39 is 0 Å². The Balaban J connectivity index is 0. The van der Waals surface area contributed by atoms with Gasteiger partial charge in [0.1, 0.15) is 0 Å². The number of imide groups is 1.